The van der Waals surface area contributed by atoms with Gasteiger partial charge in [0.05, 0.1) is 0 Å². The molecule has 18 heavy (non-hydrogen) atoms. The van der Waals surface area contributed by atoms with Crippen molar-refractivity contribution in [3.8, 4) is 0 Å². The molecule has 0 aliphatic rings. The lowest BCUT2D eigenvalue weighted by atomic mass is 10.2. The zero-order valence-corrected chi connectivity index (χ0v) is 9.08. The van der Waals surface area contributed by atoms with Crippen molar-refractivity contribution in [2.24, 2.45) is 0 Å². The van der Waals surface area contributed by atoms with E-state index < -0.39 is 11.8 Å². The molecule has 0 fully saturated rings. The summed E-state index contributed by atoms with van der Waals surface area (Å²) < 4.78 is 4.86. The van der Waals surface area contributed by atoms with Gasteiger partial charge >= 0.3 is 6.01 Å². The second kappa shape index (κ2) is 5.11. The fourth-order valence-corrected chi connectivity index (χ4v) is 1.25. The van der Waals surface area contributed by atoms with Gasteiger partial charge in [-0.1, -0.05) is 18.2 Å². The van der Waals surface area contributed by atoms with Crippen LogP contribution in [-0.4, -0.2) is 22.0 Å². The number of hydroxylamine groups is 1. The van der Waals surface area contributed by atoms with E-state index in [1.54, 1.807) is 30.3 Å². The molecule has 2 aromatic rings. The molecule has 0 bridgehead atoms. The number of carbonyl (C=O) groups is 2. The maximum absolute atomic E-state index is 11.7. The Morgan fingerprint density at radius 1 is 1.17 bits per heavy atom. The van der Waals surface area contributed by atoms with Crippen LogP contribution >= 0.6 is 0 Å². The third-order valence-corrected chi connectivity index (χ3v) is 2.09. The van der Waals surface area contributed by atoms with E-state index in [9.17, 15) is 9.59 Å². The highest BCUT2D eigenvalue weighted by Crippen LogP contribution is 2.09. The van der Waals surface area contributed by atoms with E-state index >= 15 is 0 Å². The molecule has 1 heterocycles. The Labute approximate surface area is 101 Å². The number of oxazole rings is 1. The van der Waals surface area contributed by atoms with Crippen molar-refractivity contribution >= 4 is 17.8 Å². The summed E-state index contributed by atoms with van der Waals surface area (Å²) in [6, 6.07) is 8.34. The van der Waals surface area contributed by atoms with Gasteiger partial charge in [0.15, 0.2) is 5.69 Å². The van der Waals surface area contributed by atoms with Crippen molar-refractivity contribution in [2.75, 3.05) is 5.32 Å². The minimum atomic E-state index is -0.820. The van der Waals surface area contributed by atoms with E-state index in [4.69, 9.17) is 9.62 Å². The molecule has 0 unspecified atom stereocenters. The SMILES string of the molecule is O=C(Nc1nc(C(=O)NO)co1)c1ccccc1. The molecule has 2 rings (SSSR count). The van der Waals surface area contributed by atoms with Crippen LogP contribution < -0.4 is 10.8 Å². The Balaban J connectivity index is 2.08. The zero-order chi connectivity index (χ0) is 13.0. The molecule has 1 aromatic carbocycles. The Kier molecular flexibility index (Phi) is 3.35. The Bertz CT molecular complexity index is 565. The normalized spacial score (nSPS) is 9.83. The van der Waals surface area contributed by atoms with E-state index in [2.05, 4.69) is 10.3 Å². The smallest absolute Gasteiger partial charge is 0.302 e. The predicted molar refractivity (Wildman–Crippen MR) is 60.2 cm³/mol. The number of hydrogen-bond acceptors (Lipinski definition) is 5. The zero-order valence-electron chi connectivity index (χ0n) is 9.08. The van der Waals surface area contributed by atoms with Crippen molar-refractivity contribution in [3.63, 3.8) is 0 Å². The number of anilines is 1. The standard InChI is InChI=1S/C11H9N3O4/c15-9(7-4-2-1-3-5-7)13-11-12-8(6-18-11)10(16)14-17/h1-6,17H,(H,14,16)(H,12,13,15). The van der Waals surface area contributed by atoms with Crippen molar-refractivity contribution in [3.05, 3.63) is 47.9 Å². The average Bonchev–Trinajstić information content (AvgIpc) is 2.87. The molecule has 92 valence electrons. The highest BCUT2D eigenvalue weighted by Gasteiger charge is 2.13. The first-order valence-corrected chi connectivity index (χ1v) is 4.97. The number of carbonyl (C=O) groups excluding carboxylic acids is 2. The maximum atomic E-state index is 11.7. The minimum Gasteiger partial charge on any atom is -0.431 e. The van der Waals surface area contributed by atoms with Gasteiger partial charge in [0, 0.05) is 5.56 Å². The van der Waals surface area contributed by atoms with Crippen LogP contribution in [0, 0.1) is 0 Å². The summed E-state index contributed by atoms with van der Waals surface area (Å²) in [7, 11) is 0. The third-order valence-electron chi connectivity index (χ3n) is 2.09. The van der Waals surface area contributed by atoms with Crippen LogP contribution in [0.2, 0.25) is 0 Å². The van der Waals surface area contributed by atoms with Gasteiger partial charge < -0.3 is 4.42 Å². The van der Waals surface area contributed by atoms with Gasteiger partial charge in [-0.2, -0.15) is 4.98 Å². The molecule has 0 aliphatic heterocycles. The highest BCUT2D eigenvalue weighted by molar-refractivity contribution is 6.03. The van der Waals surface area contributed by atoms with Crippen LogP contribution in [0.1, 0.15) is 20.8 Å². The monoisotopic (exact) mass is 247 g/mol. The topological polar surface area (TPSA) is 104 Å². The van der Waals surface area contributed by atoms with Crippen molar-refractivity contribution in [1.82, 2.24) is 10.5 Å². The molecule has 3 N–H and O–H groups in total. The molecule has 0 aliphatic carbocycles. The molecule has 2 amide bonds. The number of nitrogens with zero attached hydrogens (tertiary/aromatic N) is 1. The summed E-state index contributed by atoms with van der Waals surface area (Å²) in [5, 5.41) is 10.8. The van der Waals surface area contributed by atoms with Gasteiger partial charge in [0.25, 0.3) is 11.8 Å². The molecule has 0 atom stereocenters. The highest BCUT2D eigenvalue weighted by atomic mass is 16.5. The average molecular weight is 247 g/mol. The van der Waals surface area contributed by atoms with E-state index in [-0.39, 0.29) is 11.7 Å². The lowest BCUT2D eigenvalue weighted by Crippen LogP contribution is -2.19. The Morgan fingerprint density at radius 3 is 2.56 bits per heavy atom. The number of amides is 2. The van der Waals surface area contributed by atoms with Crippen LogP contribution in [0.15, 0.2) is 41.0 Å². The van der Waals surface area contributed by atoms with Crippen LogP contribution in [-0.2, 0) is 0 Å². The summed E-state index contributed by atoms with van der Waals surface area (Å²) in [6.07, 6.45) is 1.02. The lowest BCUT2D eigenvalue weighted by molar-refractivity contribution is 0.0700. The first-order chi connectivity index (χ1) is 8.70. The first-order valence-electron chi connectivity index (χ1n) is 4.97. The van der Waals surface area contributed by atoms with Gasteiger partial charge in [-0.25, -0.2) is 5.48 Å². The fraction of sp³-hybridized carbons (Fsp3) is 0. The molecular formula is C11H9N3O4. The molecule has 0 spiro atoms. The first kappa shape index (κ1) is 11.8. The maximum Gasteiger partial charge on any atom is 0.302 e. The molecule has 0 radical (unpaired) electrons. The molecule has 0 saturated heterocycles. The van der Waals surface area contributed by atoms with E-state index in [0.29, 0.717) is 5.56 Å². The number of hydrogen-bond donors (Lipinski definition) is 3. The Hall–Kier alpha value is -2.67. The fourth-order valence-electron chi connectivity index (χ4n) is 1.25. The minimum absolute atomic E-state index is 0.123. The molecule has 7 nitrogen and oxygen atoms in total. The van der Waals surface area contributed by atoms with Gasteiger partial charge in [-0.05, 0) is 12.1 Å². The largest absolute Gasteiger partial charge is 0.431 e. The van der Waals surface area contributed by atoms with Crippen LogP contribution in [0.5, 0.6) is 0 Å². The number of aromatic nitrogens is 1. The number of benzene rings is 1. The van der Waals surface area contributed by atoms with E-state index in [1.807, 2.05) is 0 Å². The van der Waals surface area contributed by atoms with Crippen LogP contribution in [0.25, 0.3) is 0 Å². The van der Waals surface area contributed by atoms with Crippen LogP contribution in [0.4, 0.5) is 6.01 Å². The molecule has 0 saturated carbocycles. The molecule has 1 aromatic heterocycles. The summed E-state index contributed by atoms with van der Waals surface area (Å²) in [5.41, 5.74) is 1.70. The Morgan fingerprint density at radius 2 is 1.89 bits per heavy atom. The van der Waals surface area contributed by atoms with E-state index in [0.717, 1.165) is 6.26 Å². The van der Waals surface area contributed by atoms with Crippen molar-refractivity contribution in [1.29, 1.82) is 0 Å². The van der Waals surface area contributed by atoms with Crippen LogP contribution in [0.3, 0.4) is 0 Å². The van der Waals surface area contributed by atoms with Gasteiger partial charge in [0.1, 0.15) is 6.26 Å². The van der Waals surface area contributed by atoms with Crippen molar-refractivity contribution in [2.45, 2.75) is 0 Å². The summed E-state index contributed by atoms with van der Waals surface area (Å²) >= 11 is 0. The number of nitrogens with one attached hydrogen (secondary N) is 2. The third kappa shape index (κ3) is 2.53. The summed E-state index contributed by atoms with van der Waals surface area (Å²) in [6.45, 7) is 0. The second-order valence-electron chi connectivity index (χ2n) is 3.30. The van der Waals surface area contributed by atoms with Gasteiger partial charge in [0.2, 0.25) is 0 Å². The molecule has 7 heteroatoms. The summed E-state index contributed by atoms with van der Waals surface area (Å²) in [5.74, 6) is -1.23. The quantitative estimate of drug-likeness (QED) is 0.555. The summed E-state index contributed by atoms with van der Waals surface area (Å²) in [4.78, 5) is 26.4. The lowest BCUT2D eigenvalue weighted by Gasteiger charge is -1.99. The van der Waals surface area contributed by atoms with Gasteiger partial charge in [-0.15, -0.1) is 0 Å². The van der Waals surface area contributed by atoms with Crippen molar-refractivity contribution < 1.29 is 19.2 Å². The molecular weight excluding hydrogens is 238 g/mol. The predicted octanol–water partition coefficient (Wildman–Crippen LogP) is 1.05. The van der Waals surface area contributed by atoms with E-state index in [1.165, 1.54) is 5.48 Å². The van der Waals surface area contributed by atoms with Gasteiger partial charge in [-0.3, -0.25) is 20.1 Å². The second-order valence-corrected chi connectivity index (χ2v) is 3.30. The number of rotatable bonds is 3.